The zero-order valence-corrected chi connectivity index (χ0v) is 18.7. The molecule has 0 heterocycles. The summed E-state index contributed by atoms with van der Waals surface area (Å²) < 4.78 is 5.41. The number of hydrogen-bond acceptors (Lipinski definition) is 3. The zero-order valence-electron chi connectivity index (χ0n) is 18.7. The van der Waals surface area contributed by atoms with E-state index in [1.807, 2.05) is 6.07 Å². The number of methoxy groups -OCH3 is 1. The summed E-state index contributed by atoms with van der Waals surface area (Å²) in [5, 5.41) is 0. The maximum absolute atomic E-state index is 5.75. The van der Waals surface area contributed by atoms with Crippen LogP contribution in [0.4, 0.5) is 0 Å². The van der Waals surface area contributed by atoms with Crippen molar-refractivity contribution >= 4 is 0 Å². The first-order valence-corrected chi connectivity index (χ1v) is 10.6. The van der Waals surface area contributed by atoms with Crippen LogP contribution in [0.2, 0.25) is 0 Å². The summed E-state index contributed by atoms with van der Waals surface area (Å²) in [6, 6.07) is 26.0. The van der Waals surface area contributed by atoms with Crippen molar-refractivity contribution in [3.63, 3.8) is 0 Å². The molecule has 0 spiro atoms. The van der Waals surface area contributed by atoms with Gasteiger partial charge in [0.05, 0.1) is 7.11 Å². The highest BCUT2D eigenvalue weighted by Crippen LogP contribution is 2.23. The van der Waals surface area contributed by atoms with Crippen LogP contribution in [-0.2, 0) is 31.6 Å². The van der Waals surface area contributed by atoms with Gasteiger partial charge in [-0.15, -0.1) is 0 Å². The third-order valence-electron chi connectivity index (χ3n) is 5.43. The molecule has 0 saturated carbocycles. The van der Waals surface area contributed by atoms with Gasteiger partial charge in [0.1, 0.15) is 5.75 Å². The Bertz CT molecular complexity index is 924. The summed E-state index contributed by atoms with van der Waals surface area (Å²) in [6.45, 7) is 9.96. The van der Waals surface area contributed by atoms with Crippen molar-refractivity contribution in [3.05, 3.63) is 101 Å². The molecule has 0 atom stereocenters. The minimum absolute atomic E-state index is 0.170. The molecule has 3 aromatic carbocycles. The number of hydrogen-bond donors (Lipinski definition) is 1. The first kappa shape index (κ1) is 22.1. The van der Waals surface area contributed by atoms with E-state index in [2.05, 4.69) is 92.4 Å². The third kappa shape index (κ3) is 6.19. The molecule has 0 amide bonds. The lowest BCUT2D eigenvalue weighted by molar-refractivity contribution is 0.247. The smallest absolute Gasteiger partial charge is 0.119 e. The number of nitrogens with two attached hydrogens (primary N) is 1. The third-order valence-corrected chi connectivity index (χ3v) is 5.43. The van der Waals surface area contributed by atoms with Crippen LogP contribution in [0, 0.1) is 0 Å². The Hall–Kier alpha value is -2.62. The van der Waals surface area contributed by atoms with E-state index in [1.54, 1.807) is 7.11 Å². The molecule has 158 valence electrons. The van der Waals surface area contributed by atoms with Crippen LogP contribution in [0.3, 0.4) is 0 Å². The Balaban J connectivity index is 1.80. The minimum Gasteiger partial charge on any atom is -0.497 e. The molecule has 0 saturated heterocycles. The van der Waals surface area contributed by atoms with Crippen molar-refractivity contribution in [2.75, 3.05) is 7.11 Å². The molecule has 2 N–H and O–H groups in total. The number of benzene rings is 3. The van der Waals surface area contributed by atoms with Crippen LogP contribution in [-0.4, -0.2) is 12.0 Å². The Labute approximate surface area is 181 Å². The largest absolute Gasteiger partial charge is 0.497 e. The molecule has 0 unspecified atom stereocenters. The molecule has 3 aromatic rings. The first-order valence-electron chi connectivity index (χ1n) is 10.6. The van der Waals surface area contributed by atoms with Gasteiger partial charge in [0.25, 0.3) is 0 Å². The Morgan fingerprint density at radius 2 is 1.27 bits per heavy atom. The monoisotopic (exact) mass is 402 g/mol. The van der Waals surface area contributed by atoms with Crippen LogP contribution in [0.5, 0.6) is 5.75 Å². The molecule has 0 aliphatic carbocycles. The van der Waals surface area contributed by atoms with Crippen LogP contribution in [0.15, 0.2) is 72.8 Å². The van der Waals surface area contributed by atoms with Crippen molar-refractivity contribution in [2.45, 2.75) is 52.4 Å². The van der Waals surface area contributed by atoms with E-state index in [-0.39, 0.29) is 5.41 Å². The van der Waals surface area contributed by atoms with E-state index in [0.717, 1.165) is 30.9 Å². The van der Waals surface area contributed by atoms with Crippen molar-refractivity contribution < 1.29 is 4.74 Å². The summed E-state index contributed by atoms with van der Waals surface area (Å²) in [5.41, 5.74) is 12.3. The second-order valence-electron chi connectivity index (χ2n) is 8.96. The molecule has 30 heavy (non-hydrogen) atoms. The molecule has 0 bridgehead atoms. The molecule has 0 fully saturated rings. The number of rotatable bonds is 8. The predicted molar refractivity (Wildman–Crippen MR) is 125 cm³/mol. The molecular weight excluding hydrogens is 368 g/mol. The normalized spacial score (nSPS) is 11.7. The number of nitrogens with zero attached hydrogens (tertiary/aromatic N) is 1. The van der Waals surface area contributed by atoms with Gasteiger partial charge in [0, 0.05) is 26.2 Å². The average Bonchev–Trinajstić information content (AvgIpc) is 2.74. The van der Waals surface area contributed by atoms with Gasteiger partial charge in [-0.2, -0.15) is 0 Å². The quantitative estimate of drug-likeness (QED) is 0.529. The molecule has 3 rings (SSSR count). The summed E-state index contributed by atoms with van der Waals surface area (Å²) >= 11 is 0. The lowest BCUT2D eigenvalue weighted by atomic mass is 9.87. The molecular formula is C27H34N2O. The van der Waals surface area contributed by atoms with Gasteiger partial charge in [-0.3, -0.25) is 4.90 Å². The first-order chi connectivity index (χ1) is 14.4. The van der Waals surface area contributed by atoms with Gasteiger partial charge < -0.3 is 10.5 Å². The van der Waals surface area contributed by atoms with Crippen molar-refractivity contribution in [2.24, 2.45) is 5.73 Å². The topological polar surface area (TPSA) is 38.5 Å². The van der Waals surface area contributed by atoms with Gasteiger partial charge >= 0.3 is 0 Å². The van der Waals surface area contributed by atoms with Crippen molar-refractivity contribution in [1.29, 1.82) is 0 Å². The Kier molecular flexibility index (Phi) is 7.30. The summed E-state index contributed by atoms with van der Waals surface area (Å²) in [7, 11) is 1.71. The molecule has 0 aliphatic rings. The summed E-state index contributed by atoms with van der Waals surface area (Å²) in [6.07, 6.45) is 0. The van der Waals surface area contributed by atoms with Crippen molar-refractivity contribution in [1.82, 2.24) is 4.90 Å². The highest BCUT2D eigenvalue weighted by atomic mass is 16.5. The zero-order chi connectivity index (χ0) is 21.6. The maximum Gasteiger partial charge on any atom is 0.119 e. The number of ether oxygens (including phenoxy) is 1. The second-order valence-corrected chi connectivity index (χ2v) is 8.96. The summed E-state index contributed by atoms with van der Waals surface area (Å²) in [4.78, 5) is 2.47. The Morgan fingerprint density at radius 3 is 1.80 bits per heavy atom. The van der Waals surface area contributed by atoms with E-state index in [4.69, 9.17) is 10.5 Å². The van der Waals surface area contributed by atoms with Gasteiger partial charge in [-0.25, -0.2) is 0 Å². The van der Waals surface area contributed by atoms with Gasteiger partial charge in [-0.05, 0) is 45.4 Å². The van der Waals surface area contributed by atoms with Gasteiger partial charge in [-0.1, -0.05) is 81.4 Å². The van der Waals surface area contributed by atoms with Gasteiger partial charge in [0.15, 0.2) is 0 Å². The van der Waals surface area contributed by atoms with Crippen molar-refractivity contribution in [3.8, 4) is 5.75 Å². The molecule has 0 aliphatic heterocycles. The predicted octanol–water partition coefficient (Wildman–Crippen LogP) is 5.65. The van der Waals surface area contributed by atoms with Crippen LogP contribution >= 0.6 is 0 Å². The maximum atomic E-state index is 5.75. The second kappa shape index (κ2) is 9.92. The highest BCUT2D eigenvalue weighted by molar-refractivity contribution is 5.30. The van der Waals surface area contributed by atoms with Crippen LogP contribution < -0.4 is 10.5 Å². The van der Waals surface area contributed by atoms with Crippen LogP contribution in [0.25, 0.3) is 0 Å². The fourth-order valence-electron chi connectivity index (χ4n) is 3.60. The molecule has 3 heteroatoms. The van der Waals surface area contributed by atoms with E-state index in [1.165, 1.54) is 22.3 Å². The molecule has 0 aromatic heterocycles. The highest BCUT2D eigenvalue weighted by Gasteiger charge is 2.14. The van der Waals surface area contributed by atoms with E-state index in [0.29, 0.717) is 6.54 Å². The molecule has 3 nitrogen and oxygen atoms in total. The lowest BCUT2D eigenvalue weighted by Crippen LogP contribution is -2.22. The minimum atomic E-state index is 0.170. The van der Waals surface area contributed by atoms with E-state index >= 15 is 0 Å². The standard InChI is InChI=1S/C27H34N2O/c1-27(2,3)25-14-12-23(13-15-25)19-29(18-22-10-8-21(17-28)9-11-22)20-24-6-5-7-26(16-24)30-4/h5-16H,17-20,28H2,1-4H3. The van der Waals surface area contributed by atoms with Gasteiger partial charge in [0.2, 0.25) is 0 Å². The fraction of sp³-hybridized carbons (Fsp3) is 0.333. The SMILES string of the molecule is COc1cccc(CN(Cc2ccc(CN)cc2)Cc2ccc(C(C)(C)C)cc2)c1. The average molecular weight is 403 g/mol. The fourth-order valence-corrected chi connectivity index (χ4v) is 3.60. The van der Waals surface area contributed by atoms with Crippen LogP contribution in [0.1, 0.15) is 48.6 Å². The summed E-state index contributed by atoms with van der Waals surface area (Å²) in [5.74, 6) is 0.897. The Morgan fingerprint density at radius 1 is 0.733 bits per heavy atom. The van der Waals surface area contributed by atoms with E-state index in [9.17, 15) is 0 Å². The lowest BCUT2D eigenvalue weighted by Gasteiger charge is -2.24. The molecule has 0 radical (unpaired) electrons. The van der Waals surface area contributed by atoms with E-state index < -0.39 is 0 Å².